The Bertz CT molecular complexity index is 887. The Hall–Kier alpha value is -2.70. The molecule has 0 N–H and O–H groups in total. The number of piperidine rings is 2. The second kappa shape index (κ2) is 8.76. The van der Waals surface area contributed by atoms with Gasteiger partial charge in [0.2, 0.25) is 0 Å². The van der Waals surface area contributed by atoms with E-state index in [4.69, 9.17) is 4.74 Å². The molecule has 0 aliphatic carbocycles. The van der Waals surface area contributed by atoms with Crippen LogP contribution in [-0.2, 0) is 9.53 Å². The van der Waals surface area contributed by atoms with Crippen molar-refractivity contribution < 1.29 is 14.3 Å². The molecule has 7 nitrogen and oxygen atoms in total. The molecule has 0 atom stereocenters. The molecule has 154 valence electrons. The summed E-state index contributed by atoms with van der Waals surface area (Å²) in [7, 11) is 0. The number of esters is 1. The van der Waals surface area contributed by atoms with E-state index in [1.807, 2.05) is 30.0 Å². The minimum absolute atomic E-state index is 0.00246. The molecule has 29 heavy (non-hydrogen) atoms. The van der Waals surface area contributed by atoms with Crippen molar-refractivity contribution in [1.82, 2.24) is 14.9 Å². The fourth-order valence-electron chi connectivity index (χ4n) is 4.29. The molecule has 0 unspecified atom stereocenters. The molecule has 0 saturated carbocycles. The molecule has 3 heterocycles. The van der Waals surface area contributed by atoms with Crippen LogP contribution in [0.2, 0.25) is 0 Å². The van der Waals surface area contributed by atoms with Crippen molar-refractivity contribution in [2.24, 2.45) is 5.92 Å². The number of carbonyl (C=O) groups is 2. The van der Waals surface area contributed by atoms with E-state index in [9.17, 15) is 9.59 Å². The molecule has 4 rings (SSSR count). The number of benzene rings is 1. The highest BCUT2D eigenvalue weighted by atomic mass is 16.5. The molecule has 0 spiro atoms. The Morgan fingerprint density at radius 1 is 1.07 bits per heavy atom. The van der Waals surface area contributed by atoms with Gasteiger partial charge in [-0.05, 0) is 57.2 Å². The molecule has 2 aliphatic rings. The van der Waals surface area contributed by atoms with Crippen LogP contribution in [0.4, 0.5) is 5.82 Å². The van der Waals surface area contributed by atoms with Crippen molar-refractivity contribution in [3.63, 3.8) is 0 Å². The van der Waals surface area contributed by atoms with Gasteiger partial charge in [-0.15, -0.1) is 0 Å². The average Bonchev–Trinajstić information content (AvgIpc) is 2.78. The smallest absolute Gasteiger partial charge is 0.309 e. The second-order valence-electron chi connectivity index (χ2n) is 7.80. The first kappa shape index (κ1) is 19.6. The maximum atomic E-state index is 13.1. The second-order valence-corrected chi connectivity index (χ2v) is 7.80. The fraction of sp³-hybridized carbons (Fsp3) is 0.545. The van der Waals surface area contributed by atoms with E-state index in [-0.39, 0.29) is 17.8 Å². The predicted molar refractivity (Wildman–Crippen MR) is 111 cm³/mol. The van der Waals surface area contributed by atoms with Crippen LogP contribution in [0.1, 0.15) is 49.4 Å². The lowest BCUT2D eigenvalue weighted by atomic mass is 9.96. The molecular formula is C22H28N4O3. The maximum absolute atomic E-state index is 13.1. The molecule has 2 aromatic rings. The van der Waals surface area contributed by atoms with Gasteiger partial charge in [0.05, 0.1) is 18.0 Å². The number of nitrogens with zero attached hydrogens (tertiary/aromatic N) is 4. The summed E-state index contributed by atoms with van der Waals surface area (Å²) in [6.45, 7) is 5.35. The van der Waals surface area contributed by atoms with Gasteiger partial charge < -0.3 is 14.5 Å². The van der Waals surface area contributed by atoms with Gasteiger partial charge in [-0.2, -0.15) is 0 Å². The van der Waals surface area contributed by atoms with Crippen molar-refractivity contribution in [3.8, 4) is 0 Å². The fourth-order valence-corrected chi connectivity index (χ4v) is 4.29. The largest absolute Gasteiger partial charge is 0.466 e. The SMILES string of the molecule is CCOC(=O)C1CCN(C(=O)c2ccc3ncnc(N4CCCCC4)c3c2)CC1. The van der Waals surface area contributed by atoms with Crippen LogP contribution in [0, 0.1) is 5.92 Å². The number of amides is 1. The summed E-state index contributed by atoms with van der Waals surface area (Å²) in [4.78, 5) is 38.1. The van der Waals surface area contributed by atoms with Crippen molar-refractivity contribution in [2.75, 3.05) is 37.7 Å². The van der Waals surface area contributed by atoms with Crippen molar-refractivity contribution in [3.05, 3.63) is 30.1 Å². The molecular weight excluding hydrogens is 368 g/mol. The minimum atomic E-state index is -0.145. The van der Waals surface area contributed by atoms with Gasteiger partial charge in [-0.3, -0.25) is 9.59 Å². The number of aromatic nitrogens is 2. The number of fused-ring (bicyclic) bond motifs is 1. The number of anilines is 1. The average molecular weight is 396 g/mol. The first-order valence-corrected chi connectivity index (χ1v) is 10.6. The highest BCUT2D eigenvalue weighted by Gasteiger charge is 2.29. The van der Waals surface area contributed by atoms with Gasteiger partial charge in [0.25, 0.3) is 5.91 Å². The Morgan fingerprint density at radius 2 is 1.83 bits per heavy atom. The Balaban J connectivity index is 1.52. The summed E-state index contributed by atoms with van der Waals surface area (Å²) in [5.41, 5.74) is 1.51. The lowest BCUT2D eigenvalue weighted by Gasteiger charge is -2.31. The van der Waals surface area contributed by atoms with Crippen LogP contribution in [-0.4, -0.2) is 59.5 Å². The third kappa shape index (κ3) is 4.18. The van der Waals surface area contributed by atoms with Crippen molar-refractivity contribution >= 4 is 28.6 Å². The van der Waals surface area contributed by atoms with Gasteiger partial charge in [0.1, 0.15) is 12.1 Å². The van der Waals surface area contributed by atoms with E-state index in [0.717, 1.165) is 29.8 Å². The zero-order valence-corrected chi connectivity index (χ0v) is 17.0. The standard InChI is InChI=1S/C22H28N4O3/c1-2-29-22(28)16-8-12-26(13-9-16)21(27)17-6-7-19-18(14-17)20(24-15-23-19)25-10-4-3-5-11-25/h6-7,14-16H,2-5,8-13H2,1H3. The van der Waals surface area contributed by atoms with E-state index < -0.39 is 0 Å². The van der Waals surface area contributed by atoms with Crippen LogP contribution >= 0.6 is 0 Å². The number of hydrogen-bond acceptors (Lipinski definition) is 6. The van der Waals surface area contributed by atoms with E-state index >= 15 is 0 Å². The van der Waals surface area contributed by atoms with Gasteiger partial charge in [0.15, 0.2) is 0 Å². The van der Waals surface area contributed by atoms with Crippen LogP contribution in [0.15, 0.2) is 24.5 Å². The van der Waals surface area contributed by atoms with E-state index in [1.165, 1.54) is 19.3 Å². The van der Waals surface area contributed by atoms with Gasteiger partial charge in [-0.25, -0.2) is 9.97 Å². The lowest BCUT2D eigenvalue weighted by Crippen LogP contribution is -2.40. The van der Waals surface area contributed by atoms with Gasteiger partial charge in [0, 0.05) is 37.1 Å². The van der Waals surface area contributed by atoms with E-state index in [0.29, 0.717) is 38.1 Å². The molecule has 2 fully saturated rings. The van der Waals surface area contributed by atoms with Crippen molar-refractivity contribution in [2.45, 2.75) is 39.0 Å². The summed E-state index contributed by atoms with van der Waals surface area (Å²) in [5, 5.41) is 0.932. The minimum Gasteiger partial charge on any atom is -0.466 e. The molecule has 0 bridgehead atoms. The van der Waals surface area contributed by atoms with Gasteiger partial charge >= 0.3 is 5.97 Å². The lowest BCUT2D eigenvalue weighted by molar-refractivity contribution is -0.149. The van der Waals surface area contributed by atoms with E-state index in [2.05, 4.69) is 14.9 Å². The maximum Gasteiger partial charge on any atom is 0.309 e. The summed E-state index contributed by atoms with van der Waals surface area (Å²) in [5.74, 6) is 0.677. The number of carbonyl (C=O) groups excluding carboxylic acids is 2. The summed E-state index contributed by atoms with van der Waals surface area (Å²) in [6.07, 6.45) is 6.50. The third-order valence-corrected chi connectivity index (χ3v) is 5.92. The van der Waals surface area contributed by atoms with Crippen LogP contribution in [0.5, 0.6) is 0 Å². The number of hydrogen-bond donors (Lipinski definition) is 0. The predicted octanol–water partition coefficient (Wildman–Crippen LogP) is 3.04. The quantitative estimate of drug-likeness (QED) is 0.740. The molecule has 2 saturated heterocycles. The summed E-state index contributed by atoms with van der Waals surface area (Å²) in [6, 6.07) is 5.68. The van der Waals surface area contributed by atoms with Crippen molar-refractivity contribution in [1.29, 1.82) is 0 Å². The molecule has 1 aromatic heterocycles. The number of likely N-dealkylation sites (tertiary alicyclic amines) is 1. The third-order valence-electron chi connectivity index (χ3n) is 5.92. The van der Waals surface area contributed by atoms with Crippen LogP contribution in [0.3, 0.4) is 0 Å². The molecule has 0 radical (unpaired) electrons. The van der Waals surface area contributed by atoms with Crippen LogP contribution < -0.4 is 4.90 Å². The monoisotopic (exact) mass is 396 g/mol. The summed E-state index contributed by atoms with van der Waals surface area (Å²) >= 11 is 0. The zero-order chi connectivity index (χ0) is 20.2. The topological polar surface area (TPSA) is 75.6 Å². The zero-order valence-electron chi connectivity index (χ0n) is 17.0. The van der Waals surface area contributed by atoms with Crippen LogP contribution in [0.25, 0.3) is 10.9 Å². The number of ether oxygens (including phenoxy) is 1. The highest BCUT2D eigenvalue weighted by molar-refractivity contribution is 6.00. The Labute approximate surface area is 171 Å². The molecule has 1 aromatic carbocycles. The first-order chi connectivity index (χ1) is 14.2. The van der Waals surface area contributed by atoms with E-state index in [1.54, 1.807) is 6.33 Å². The highest BCUT2D eigenvalue weighted by Crippen LogP contribution is 2.27. The molecule has 1 amide bonds. The molecule has 2 aliphatic heterocycles. The Morgan fingerprint density at radius 3 is 2.55 bits per heavy atom. The van der Waals surface area contributed by atoms with Gasteiger partial charge in [-0.1, -0.05) is 0 Å². The summed E-state index contributed by atoms with van der Waals surface area (Å²) < 4.78 is 5.12. The molecule has 7 heteroatoms. The first-order valence-electron chi connectivity index (χ1n) is 10.6. The number of rotatable bonds is 4. The normalized spacial score (nSPS) is 18.1. The Kier molecular flexibility index (Phi) is 5.92.